The van der Waals surface area contributed by atoms with Crippen molar-refractivity contribution in [3.8, 4) is 22.6 Å². The molecule has 1 N–H and O–H groups in total. The Bertz CT molecular complexity index is 1080. The Morgan fingerprint density at radius 3 is 2.20 bits per heavy atom. The molecule has 5 nitrogen and oxygen atoms in total. The highest BCUT2D eigenvalue weighted by molar-refractivity contribution is 5.65. The summed E-state index contributed by atoms with van der Waals surface area (Å²) >= 11 is 0. The smallest absolute Gasteiger partial charge is 0.418 e. The van der Waals surface area contributed by atoms with E-state index in [2.05, 4.69) is 0 Å². The maximum absolute atomic E-state index is 14.5. The summed E-state index contributed by atoms with van der Waals surface area (Å²) < 4.78 is 70.9. The lowest BCUT2D eigenvalue weighted by molar-refractivity contribution is -0.385. The number of nitrogens with zero attached hydrogens (tertiary/aromatic N) is 1. The van der Waals surface area contributed by atoms with Crippen molar-refractivity contribution in [2.45, 2.75) is 12.3 Å². The van der Waals surface area contributed by atoms with E-state index in [4.69, 9.17) is 4.74 Å². The van der Waals surface area contributed by atoms with Crippen molar-refractivity contribution in [3.05, 3.63) is 88.0 Å². The monoisotopic (exact) mass is 425 g/mol. The predicted molar refractivity (Wildman–Crippen MR) is 96.0 cm³/mol. The molecule has 0 bridgehead atoms. The van der Waals surface area contributed by atoms with Gasteiger partial charge in [-0.25, -0.2) is 8.78 Å². The van der Waals surface area contributed by atoms with Crippen molar-refractivity contribution >= 4 is 5.69 Å². The van der Waals surface area contributed by atoms with E-state index < -0.39 is 45.8 Å². The van der Waals surface area contributed by atoms with Crippen LogP contribution in [0.5, 0.6) is 11.5 Å². The Labute approximate surface area is 166 Å². The highest BCUT2D eigenvalue weighted by Gasteiger charge is 2.40. The average molecular weight is 425 g/mol. The molecule has 156 valence electrons. The second kappa shape index (κ2) is 8.07. The maximum atomic E-state index is 14.5. The van der Waals surface area contributed by atoms with Crippen LogP contribution >= 0.6 is 0 Å². The molecule has 30 heavy (non-hydrogen) atoms. The van der Waals surface area contributed by atoms with E-state index in [0.717, 1.165) is 30.3 Å². The Morgan fingerprint density at radius 2 is 1.63 bits per heavy atom. The number of aliphatic hydroxyl groups excluding tert-OH is 1. The summed E-state index contributed by atoms with van der Waals surface area (Å²) in [6, 6.07) is 10.6. The summed E-state index contributed by atoms with van der Waals surface area (Å²) in [5.41, 5.74) is -0.887. The SMILES string of the molecule is O=[N+]([O-])c1ccc([C@@H](O)C(F)(F)F)cc1Oc1ccc(-c2ccc(F)cc2)c(F)c1. The van der Waals surface area contributed by atoms with Gasteiger partial charge in [0.2, 0.25) is 5.75 Å². The number of hydrogen-bond donors (Lipinski definition) is 1. The molecule has 0 aliphatic carbocycles. The highest BCUT2D eigenvalue weighted by atomic mass is 19.4. The van der Waals surface area contributed by atoms with Gasteiger partial charge in [-0.1, -0.05) is 12.1 Å². The lowest BCUT2D eigenvalue weighted by Gasteiger charge is -2.16. The number of ether oxygens (including phenoxy) is 1. The van der Waals surface area contributed by atoms with Crippen molar-refractivity contribution in [3.63, 3.8) is 0 Å². The Hall–Kier alpha value is -3.53. The van der Waals surface area contributed by atoms with Crippen molar-refractivity contribution in [2.75, 3.05) is 0 Å². The van der Waals surface area contributed by atoms with E-state index in [1.54, 1.807) is 0 Å². The van der Waals surface area contributed by atoms with Gasteiger partial charge in [-0.3, -0.25) is 10.1 Å². The molecule has 1 atom stereocenters. The molecule has 0 saturated carbocycles. The van der Waals surface area contributed by atoms with Crippen molar-refractivity contribution in [1.29, 1.82) is 0 Å². The summed E-state index contributed by atoms with van der Waals surface area (Å²) in [4.78, 5) is 10.3. The number of rotatable bonds is 5. The standard InChI is InChI=1S/C20H12F5NO4/c21-13-4-1-11(2-5-13)15-7-6-14(10-16(15)22)30-18-9-12(19(27)20(23,24)25)3-8-17(18)26(28)29/h1-10,19,27H/t19-/m1/s1. The van der Waals surface area contributed by atoms with Gasteiger partial charge in [0, 0.05) is 17.7 Å². The number of halogens is 5. The molecule has 0 aliphatic rings. The van der Waals surface area contributed by atoms with Crippen LogP contribution in [0.15, 0.2) is 60.7 Å². The van der Waals surface area contributed by atoms with E-state index in [1.807, 2.05) is 0 Å². The van der Waals surface area contributed by atoms with Crippen LogP contribution in [-0.4, -0.2) is 16.2 Å². The largest absolute Gasteiger partial charge is 0.450 e. The van der Waals surface area contributed by atoms with Crippen molar-refractivity contribution in [1.82, 2.24) is 0 Å². The normalized spacial score (nSPS) is 12.5. The van der Waals surface area contributed by atoms with E-state index in [1.165, 1.54) is 24.3 Å². The molecule has 3 aromatic carbocycles. The minimum Gasteiger partial charge on any atom is -0.450 e. The minimum absolute atomic E-state index is 0.0955. The number of aliphatic hydroxyl groups is 1. The summed E-state index contributed by atoms with van der Waals surface area (Å²) in [6.45, 7) is 0. The zero-order chi connectivity index (χ0) is 22.1. The first-order valence-corrected chi connectivity index (χ1v) is 8.32. The Morgan fingerprint density at radius 1 is 0.967 bits per heavy atom. The first-order valence-electron chi connectivity index (χ1n) is 8.32. The quantitative estimate of drug-likeness (QED) is 0.313. The molecule has 0 unspecified atom stereocenters. The Balaban J connectivity index is 1.95. The second-order valence-electron chi connectivity index (χ2n) is 6.18. The zero-order valence-corrected chi connectivity index (χ0v) is 14.9. The molecular formula is C20H12F5NO4. The summed E-state index contributed by atoms with van der Waals surface area (Å²) in [6.07, 6.45) is -7.87. The van der Waals surface area contributed by atoms with Gasteiger partial charge in [-0.2, -0.15) is 13.2 Å². The summed E-state index contributed by atoms with van der Waals surface area (Å²) in [5.74, 6) is -2.13. The van der Waals surface area contributed by atoms with Crippen LogP contribution in [0.1, 0.15) is 11.7 Å². The molecule has 0 aromatic heterocycles. The van der Waals surface area contributed by atoms with Gasteiger partial charge in [0.15, 0.2) is 6.10 Å². The minimum atomic E-state index is -4.99. The third-order valence-corrected chi connectivity index (χ3v) is 4.13. The molecule has 3 rings (SSSR count). The maximum Gasteiger partial charge on any atom is 0.418 e. The van der Waals surface area contributed by atoms with Gasteiger partial charge < -0.3 is 9.84 Å². The topological polar surface area (TPSA) is 72.6 Å². The fourth-order valence-corrected chi connectivity index (χ4v) is 2.67. The third-order valence-electron chi connectivity index (χ3n) is 4.13. The number of nitro groups is 1. The molecule has 0 saturated heterocycles. The van der Waals surface area contributed by atoms with Crippen LogP contribution in [0.4, 0.5) is 27.6 Å². The molecule has 0 heterocycles. The molecule has 3 aromatic rings. The van der Waals surface area contributed by atoms with Gasteiger partial charge in [-0.15, -0.1) is 0 Å². The molecule has 0 fully saturated rings. The summed E-state index contributed by atoms with van der Waals surface area (Å²) in [7, 11) is 0. The molecule has 0 aliphatic heterocycles. The lowest BCUT2D eigenvalue weighted by atomic mass is 10.0. The van der Waals surface area contributed by atoms with E-state index >= 15 is 0 Å². The fourth-order valence-electron chi connectivity index (χ4n) is 2.67. The van der Waals surface area contributed by atoms with Crippen LogP contribution in [0, 0.1) is 21.7 Å². The van der Waals surface area contributed by atoms with Gasteiger partial charge >= 0.3 is 11.9 Å². The van der Waals surface area contributed by atoms with E-state index in [-0.39, 0.29) is 11.3 Å². The van der Waals surface area contributed by atoms with Crippen LogP contribution in [0.3, 0.4) is 0 Å². The third kappa shape index (κ3) is 4.54. The molecule has 0 spiro atoms. The number of nitro benzene ring substituents is 1. The van der Waals surface area contributed by atoms with Crippen LogP contribution < -0.4 is 4.74 Å². The van der Waals surface area contributed by atoms with E-state index in [9.17, 15) is 37.2 Å². The van der Waals surface area contributed by atoms with Gasteiger partial charge in [0.25, 0.3) is 0 Å². The first-order chi connectivity index (χ1) is 14.1. The average Bonchev–Trinajstić information content (AvgIpc) is 2.67. The number of alkyl halides is 3. The molecular weight excluding hydrogens is 413 g/mol. The lowest BCUT2D eigenvalue weighted by Crippen LogP contribution is -2.20. The van der Waals surface area contributed by atoms with Gasteiger partial charge in [0.1, 0.15) is 17.4 Å². The number of benzene rings is 3. The molecule has 0 amide bonds. The van der Waals surface area contributed by atoms with Gasteiger partial charge in [-0.05, 0) is 47.5 Å². The van der Waals surface area contributed by atoms with Crippen LogP contribution in [0.25, 0.3) is 11.1 Å². The molecule has 0 radical (unpaired) electrons. The summed E-state index contributed by atoms with van der Waals surface area (Å²) in [5, 5.41) is 20.5. The van der Waals surface area contributed by atoms with Crippen LogP contribution in [0.2, 0.25) is 0 Å². The van der Waals surface area contributed by atoms with Crippen molar-refractivity contribution in [2.24, 2.45) is 0 Å². The Kier molecular flexibility index (Phi) is 5.70. The second-order valence-corrected chi connectivity index (χ2v) is 6.18. The van der Waals surface area contributed by atoms with E-state index in [0.29, 0.717) is 11.6 Å². The number of hydrogen-bond acceptors (Lipinski definition) is 4. The zero-order valence-electron chi connectivity index (χ0n) is 14.9. The first kappa shape index (κ1) is 21.2. The van der Waals surface area contributed by atoms with Crippen molar-refractivity contribution < 1.29 is 36.7 Å². The predicted octanol–water partition coefficient (Wildman–Crippen LogP) is 5.93. The molecule has 10 heteroatoms. The van der Waals surface area contributed by atoms with Gasteiger partial charge in [0.05, 0.1) is 4.92 Å². The highest BCUT2D eigenvalue weighted by Crippen LogP contribution is 2.39. The fraction of sp³-hybridized carbons (Fsp3) is 0.100. The van der Waals surface area contributed by atoms with Crippen LogP contribution in [-0.2, 0) is 0 Å².